The van der Waals surface area contributed by atoms with E-state index in [4.69, 9.17) is 9.47 Å². The van der Waals surface area contributed by atoms with Gasteiger partial charge in [0.1, 0.15) is 0 Å². The zero-order valence-corrected chi connectivity index (χ0v) is 16.1. The quantitative estimate of drug-likeness (QED) is 0.721. The number of fused-ring (bicyclic) bond motifs is 4. The summed E-state index contributed by atoms with van der Waals surface area (Å²) in [4.78, 5) is 14.9. The number of hydrogen-bond donors (Lipinski definition) is 1. The van der Waals surface area contributed by atoms with Gasteiger partial charge in [-0.25, -0.2) is 0 Å². The van der Waals surface area contributed by atoms with E-state index in [0.717, 1.165) is 18.8 Å². The van der Waals surface area contributed by atoms with Crippen molar-refractivity contribution in [3.05, 3.63) is 77.9 Å². The van der Waals surface area contributed by atoms with Gasteiger partial charge in [0.2, 0.25) is 12.7 Å². The van der Waals surface area contributed by atoms with E-state index < -0.39 is 0 Å². The first-order valence-electron chi connectivity index (χ1n) is 9.84. The number of ether oxygens (including phenoxy) is 2. The van der Waals surface area contributed by atoms with Crippen molar-refractivity contribution < 1.29 is 14.3 Å². The zero-order chi connectivity index (χ0) is 19.6. The average molecular weight is 386 g/mol. The Morgan fingerprint density at radius 3 is 2.24 bits per heavy atom. The molecule has 146 valence electrons. The molecule has 0 fully saturated rings. The second kappa shape index (κ2) is 7.60. The number of carbonyl (C=O) groups excluding carboxylic acids is 1. The lowest BCUT2D eigenvalue weighted by Gasteiger charge is -2.20. The fraction of sp³-hybridized carbons (Fsp3) is 0.208. The minimum atomic E-state index is -0.00492. The van der Waals surface area contributed by atoms with Crippen molar-refractivity contribution >= 4 is 11.6 Å². The van der Waals surface area contributed by atoms with E-state index in [-0.39, 0.29) is 12.7 Å². The second-order valence-corrected chi connectivity index (χ2v) is 7.39. The molecule has 0 saturated heterocycles. The molecule has 2 aliphatic rings. The van der Waals surface area contributed by atoms with E-state index in [1.807, 2.05) is 12.1 Å². The van der Waals surface area contributed by atoms with E-state index in [1.54, 1.807) is 6.07 Å². The topological polar surface area (TPSA) is 50.8 Å². The number of benzene rings is 3. The van der Waals surface area contributed by atoms with Crippen LogP contribution in [0.1, 0.15) is 17.5 Å². The molecule has 2 aliphatic heterocycles. The Hall–Kier alpha value is -3.31. The molecule has 5 heteroatoms. The summed E-state index contributed by atoms with van der Waals surface area (Å²) in [6, 6.07) is 22.5. The first-order valence-corrected chi connectivity index (χ1v) is 9.84. The van der Waals surface area contributed by atoms with Crippen LogP contribution in [0.25, 0.3) is 11.1 Å². The summed E-state index contributed by atoms with van der Waals surface area (Å²) < 4.78 is 10.7. The van der Waals surface area contributed by atoms with Crippen LogP contribution in [0.2, 0.25) is 0 Å². The summed E-state index contributed by atoms with van der Waals surface area (Å²) in [6.45, 7) is 2.59. The molecule has 5 rings (SSSR count). The number of hydrogen-bond acceptors (Lipinski definition) is 4. The van der Waals surface area contributed by atoms with Gasteiger partial charge in [0.05, 0.1) is 0 Å². The van der Waals surface area contributed by atoms with Gasteiger partial charge >= 0.3 is 0 Å². The van der Waals surface area contributed by atoms with Gasteiger partial charge in [0.15, 0.2) is 11.5 Å². The Morgan fingerprint density at radius 2 is 1.52 bits per heavy atom. The smallest absolute Gasteiger partial charge is 0.231 e. The second-order valence-electron chi connectivity index (χ2n) is 7.39. The summed E-state index contributed by atoms with van der Waals surface area (Å²) >= 11 is 0. The third-order valence-electron chi connectivity index (χ3n) is 5.42. The van der Waals surface area contributed by atoms with Crippen LogP contribution in [0, 0.1) is 0 Å². The molecule has 3 aromatic carbocycles. The highest BCUT2D eigenvalue weighted by Crippen LogP contribution is 2.34. The van der Waals surface area contributed by atoms with Gasteiger partial charge in [-0.15, -0.1) is 0 Å². The van der Waals surface area contributed by atoms with Crippen LogP contribution in [-0.2, 0) is 17.9 Å². The Labute approximate surface area is 169 Å². The fourth-order valence-corrected chi connectivity index (χ4v) is 4.00. The van der Waals surface area contributed by atoms with Crippen molar-refractivity contribution in [3.63, 3.8) is 0 Å². The standard InChI is InChI=1S/C24H22N2O3/c27-24(25-19-9-10-22-23(13-19)29-16-28-22)11-12-26-14-17-5-1-3-7-20(17)21-8-4-2-6-18(21)15-26/h1-10,13H,11-12,14-16H2,(H,25,27). The number of nitrogens with zero attached hydrogens (tertiary/aromatic N) is 1. The zero-order valence-electron chi connectivity index (χ0n) is 16.1. The molecule has 0 aromatic heterocycles. The number of carbonyl (C=O) groups is 1. The third-order valence-corrected chi connectivity index (χ3v) is 5.42. The monoisotopic (exact) mass is 386 g/mol. The van der Waals surface area contributed by atoms with E-state index in [9.17, 15) is 4.79 Å². The lowest BCUT2D eigenvalue weighted by atomic mass is 9.97. The van der Waals surface area contributed by atoms with E-state index in [1.165, 1.54) is 22.3 Å². The van der Waals surface area contributed by atoms with Crippen LogP contribution in [0.4, 0.5) is 5.69 Å². The molecule has 5 nitrogen and oxygen atoms in total. The normalized spacial score (nSPS) is 14.6. The van der Waals surface area contributed by atoms with Crippen molar-refractivity contribution in [2.24, 2.45) is 0 Å². The molecule has 1 amide bonds. The predicted molar refractivity (Wildman–Crippen MR) is 112 cm³/mol. The minimum Gasteiger partial charge on any atom is -0.454 e. The molecule has 0 atom stereocenters. The molecule has 0 bridgehead atoms. The molecule has 2 heterocycles. The number of nitrogens with one attached hydrogen (secondary N) is 1. The molecule has 0 unspecified atom stereocenters. The largest absolute Gasteiger partial charge is 0.454 e. The van der Waals surface area contributed by atoms with E-state index in [0.29, 0.717) is 24.5 Å². The molecule has 0 radical (unpaired) electrons. The van der Waals surface area contributed by atoms with Crippen LogP contribution >= 0.6 is 0 Å². The maximum Gasteiger partial charge on any atom is 0.231 e. The van der Waals surface area contributed by atoms with Crippen molar-refractivity contribution in [2.75, 3.05) is 18.7 Å². The molecule has 1 N–H and O–H groups in total. The first kappa shape index (κ1) is 17.8. The van der Waals surface area contributed by atoms with Gasteiger partial charge < -0.3 is 14.8 Å². The van der Waals surface area contributed by atoms with Gasteiger partial charge in [-0.05, 0) is 34.4 Å². The van der Waals surface area contributed by atoms with Gasteiger partial charge in [0, 0.05) is 37.8 Å². The molecule has 0 aliphatic carbocycles. The maximum atomic E-state index is 12.5. The Balaban J connectivity index is 1.27. The predicted octanol–water partition coefficient (Wildman–Crippen LogP) is 4.43. The molecule has 3 aromatic rings. The van der Waals surface area contributed by atoms with Crippen LogP contribution in [-0.4, -0.2) is 24.1 Å². The van der Waals surface area contributed by atoms with Crippen molar-refractivity contribution in [3.8, 4) is 22.6 Å². The van der Waals surface area contributed by atoms with Crippen molar-refractivity contribution in [1.29, 1.82) is 0 Å². The summed E-state index contributed by atoms with van der Waals surface area (Å²) in [7, 11) is 0. The molecule has 0 spiro atoms. The highest BCUT2D eigenvalue weighted by molar-refractivity contribution is 5.91. The minimum absolute atomic E-state index is 0.00492. The Morgan fingerprint density at radius 1 is 0.862 bits per heavy atom. The lowest BCUT2D eigenvalue weighted by molar-refractivity contribution is -0.116. The van der Waals surface area contributed by atoms with Gasteiger partial charge in [0.25, 0.3) is 0 Å². The van der Waals surface area contributed by atoms with Crippen LogP contribution in [0.5, 0.6) is 11.5 Å². The van der Waals surface area contributed by atoms with Crippen molar-refractivity contribution in [2.45, 2.75) is 19.5 Å². The van der Waals surface area contributed by atoms with E-state index in [2.05, 4.69) is 58.7 Å². The lowest BCUT2D eigenvalue weighted by Crippen LogP contribution is -2.26. The van der Waals surface area contributed by atoms with Crippen LogP contribution < -0.4 is 14.8 Å². The van der Waals surface area contributed by atoms with Crippen molar-refractivity contribution in [1.82, 2.24) is 4.90 Å². The molecule has 29 heavy (non-hydrogen) atoms. The van der Waals surface area contributed by atoms with Crippen LogP contribution in [0.15, 0.2) is 66.7 Å². The van der Waals surface area contributed by atoms with E-state index >= 15 is 0 Å². The average Bonchev–Trinajstić information content (AvgIpc) is 3.14. The summed E-state index contributed by atoms with van der Waals surface area (Å²) in [6.07, 6.45) is 0.429. The highest BCUT2D eigenvalue weighted by atomic mass is 16.7. The van der Waals surface area contributed by atoms with Crippen LogP contribution in [0.3, 0.4) is 0 Å². The number of amides is 1. The maximum absolute atomic E-state index is 12.5. The summed E-state index contributed by atoms with van der Waals surface area (Å²) in [5, 5.41) is 2.96. The molecule has 0 saturated carbocycles. The SMILES string of the molecule is O=C(CCN1Cc2ccccc2-c2ccccc2C1)Nc1ccc2c(c1)OCO2. The molecular weight excluding hydrogens is 364 g/mol. The first-order chi connectivity index (χ1) is 14.3. The summed E-state index contributed by atoms with van der Waals surface area (Å²) in [5.41, 5.74) is 5.90. The van der Waals surface area contributed by atoms with Gasteiger partial charge in [-0.2, -0.15) is 0 Å². The highest BCUT2D eigenvalue weighted by Gasteiger charge is 2.19. The van der Waals surface area contributed by atoms with Gasteiger partial charge in [-0.3, -0.25) is 9.69 Å². The molecular formula is C24H22N2O3. The van der Waals surface area contributed by atoms with Gasteiger partial charge in [-0.1, -0.05) is 48.5 Å². The number of anilines is 1. The third kappa shape index (κ3) is 3.69. The summed E-state index contributed by atoms with van der Waals surface area (Å²) in [5.74, 6) is 1.38. The fourth-order valence-electron chi connectivity index (χ4n) is 4.00. The number of rotatable bonds is 4. The Bertz CT molecular complexity index is 1020. The Kier molecular flexibility index (Phi) is 4.66.